The maximum atomic E-state index is 13.6. The molecule has 172 valence electrons. The number of rotatable bonds is 4. The largest absolute Gasteiger partial charge is 0.361 e. The van der Waals surface area contributed by atoms with Gasteiger partial charge in [0.2, 0.25) is 9.84 Å². The van der Waals surface area contributed by atoms with Crippen LogP contribution in [0.15, 0.2) is 99.5 Å². The molecular formula is C26H20Cl2N2O3S. The average Bonchev–Trinajstić information content (AvgIpc) is 3.21. The van der Waals surface area contributed by atoms with Crippen LogP contribution in [0.1, 0.15) is 28.8 Å². The minimum atomic E-state index is -3.89. The molecule has 2 heterocycles. The van der Waals surface area contributed by atoms with Gasteiger partial charge in [0.25, 0.3) is 5.56 Å². The van der Waals surface area contributed by atoms with Crippen molar-refractivity contribution >= 4 is 38.9 Å². The highest BCUT2D eigenvalue weighted by Gasteiger charge is 2.39. The number of hydrogen-bond acceptors (Lipinski definition) is 4. The van der Waals surface area contributed by atoms with Crippen molar-refractivity contribution in [1.29, 1.82) is 0 Å². The predicted molar refractivity (Wildman–Crippen MR) is 135 cm³/mol. The van der Waals surface area contributed by atoms with Gasteiger partial charge in [0.1, 0.15) is 10.7 Å². The summed E-state index contributed by atoms with van der Waals surface area (Å²) in [5, 5.41) is 4.50. The molecule has 5 nitrogen and oxygen atoms in total. The highest BCUT2D eigenvalue weighted by atomic mass is 35.5. The number of halogens is 2. The third-order valence-electron chi connectivity index (χ3n) is 6.01. The molecule has 0 amide bonds. The summed E-state index contributed by atoms with van der Waals surface area (Å²) in [7, 11) is -3.89. The minimum absolute atomic E-state index is 0.0492. The minimum Gasteiger partial charge on any atom is -0.361 e. The predicted octanol–water partition coefficient (Wildman–Crippen LogP) is 6.05. The number of benzene rings is 3. The van der Waals surface area contributed by atoms with E-state index in [9.17, 15) is 13.2 Å². The van der Waals surface area contributed by atoms with Gasteiger partial charge in [-0.05, 0) is 66.1 Å². The number of anilines is 1. The average molecular weight is 511 g/mol. The summed E-state index contributed by atoms with van der Waals surface area (Å²) in [5.41, 5.74) is 2.22. The normalized spacial score (nSPS) is 17.3. The molecule has 2 unspecified atom stereocenters. The molecule has 34 heavy (non-hydrogen) atoms. The highest BCUT2D eigenvalue weighted by Crippen LogP contribution is 2.44. The van der Waals surface area contributed by atoms with Gasteiger partial charge in [0.15, 0.2) is 0 Å². The van der Waals surface area contributed by atoms with Gasteiger partial charge >= 0.3 is 0 Å². The van der Waals surface area contributed by atoms with Crippen LogP contribution in [-0.2, 0) is 9.84 Å². The topological polar surface area (TPSA) is 68.2 Å². The molecule has 2 atom stereocenters. The van der Waals surface area contributed by atoms with E-state index in [4.69, 9.17) is 23.2 Å². The Balaban J connectivity index is 1.74. The number of nitrogens with zero attached hydrogens (tertiary/aromatic N) is 1. The van der Waals surface area contributed by atoms with E-state index in [0.29, 0.717) is 10.0 Å². The van der Waals surface area contributed by atoms with Gasteiger partial charge in [-0.2, -0.15) is 0 Å². The van der Waals surface area contributed by atoms with Crippen LogP contribution in [-0.4, -0.2) is 13.0 Å². The maximum absolute atomic E-state index is 13.6. The summed E-state index contributed by atoms with van der Waals surface area (Å²) in [4.78, 5) is 13.4. The first-order valence-corrected chi connectivity index (χ1v) is 12.8. The quantitative estimate of drug-likeness (QED) is 0.362. The SMILES string of the molecule is Cc1cccc(S(=O)(=O)c2ccc(=O)n3c2NC(c2ccc(Cl)cc2)C3c2ccc(Cl)cc2)c1. The Labute approximate surface area is 207 Å². The van der Waals surface area contributed by atoms with Crippen molar-refractivity contribution in [3.63, 3.8) is 0 Å². The van der Waals surface area contributed by atoms with Crippen LogP contribution < -0.4 is 10.9 Å². The first-order valence-electron chi connectivity index (χ1n) is 10.6. The zero-order chi connectivity index (χ0) is 24.0. The smallest absolute Gasteiger partial charge is 0.252 e. The van der Waals surface area contributed by atoms with Crippen molar-refractivity contribution in [2.75, 3.05) is 5.32 Å². The summed E-state index contributed by atoms with van der Waals surface area (Å²) in [5.74, 6) is 0.258. The number of nitrogens with one attached hydrogen (secondary N) is 1. The molecule has 4 aromatic rings. The van der Waals surface area contributed by atoms with Gasteiger partial charge in [-0.3, -0.25) is 9.36 Å². The standard InChI is InChI=1S/C26H20Cl2N2O3S/c1-16-3-2-4-21(15-16)34(32,33)22-13-14-23(31)30-25(18-7-11-20(28)12-8-18)24(29-26(22)30)17-5-9-19(27)10-6-17/h2-15,24-25,29H,1H3. The molecule has 0 bridgehead atoms. The number of sulfone groups is 1. The van der Waals surface area contributed by atoms with E-state index >= 15 is 0 Å². The number of pyridine rings is 1. The van der Waals surface area contributed by atoms with Gasteiger partial charge in [0.05, 0.1) is 17.0 Å². The number of aromatic nitrogens is 1. The van der Waals surface area contributed by atoms with Crippen molar-refractivity contribution in [2.45, 2.75) is 28.8 Å². The molecule has 5 rings (SSSR count). The zero-order valence-corrected chi connectivity index (χ0v) is 20.4. The van der Waals surface area contributed by atoms with Crippen LogP contribution in [0.25, 0.3) is 0 Å². The number of fused-ring (bicyclic) bond motifs is 1. The monoisotopic (exact) mass is 510 g/mol. The number of aryl methyl sites for hydroxylation is 1. The molecule has 0 saturated carbocycles. The summed E-state index contributed by atoms with van der Waals surface area (Å²) in [6, 6.07) is 23.0. The molecular weight excluding hydrogens is 491 g/mol. The van der Waals surface area contributed by atoms with Crippen molar-refractivity contribution < 1.29 is 8.42 Å². The van der Waals surface area contributed by atoms with Crippen LogP contribution in [0.3, 0.4) is 0 Å². The van der Waals surface area contributed by atoms with Crippen LogP contribution in [0.4, 0.5) is 5.82 Å². The highest BCUT2D eigenvalue weighted by molar-refractivity contribution is 7.91. The Bertz CT molecular complexity index is 1550. The van der Waals surface area contributed by atoms with Gasteiger partial charge in [0, 0.05) is 16.1 Å². The Kier molecular flexibility index (Phi) is 5.76. The van der Waals surface area contributed by atoms with Crippen LogP contribution in [0.2, 0.25) is 10.0 Å². The van der Waals surface area contributed by atoms with Crippen LogP contribution in [0, 0.1) is 6.92 Å². The lowest BCUT2D eigenvalue weighted by molar-refractivity contribution is 0.553. The van der Waals surface area contributed by atoms with Crippen LogP contribution in [0.5, 0.6) is 0 Å². The summed E-state index contributed by atoms with van der Waals surface area (Å²) < 4.78 is 28.8. The third-order valence-corrected chi connectivity index (χ3v) is 8.29. The molecule has 0 spiro atoms. The van der Waals surface area contributed by atoms with Crippen LogP contribution >= 0.6 is 23.2 Å². The Morgan fingerprint density at radius 1 is 0.824 bits per heavy atom. The van der Waals surface area contributed by atoms with E-state index in [1.807, 2.05) is 37.3 Å². The van der Waals surface area contributed by atoms with Crippen molar-refractivity contribution in [2.24, 2.45) is 0 Å². The molecule has 1 aromatic heterocycles. The maximum Gasteiger partial charge on any atom is 0.252 e. The van der Waals surface area contributed by atoms with Crippen molar-refractivity contribution in [3.05, 3.63) is 122 Å². The fraction of sp³-hybridized carbons (Fsp3) is 0.115. The number of hydrogen-bond donors (Lipinski definition) is 1. The fourth-order valence-electron chi connectivity index (χ4n) is 4.39. The van der Waals surface area contributed by atoms with Gasteiger partial charge in [-0.1, -0.05) is 59.6 Å². The van der Waals surface area contributed by atoms with Crippen molar-refractivity contribution in [1.82, 2.24) is 4.57 Å². The molecule has 0 fully saturated rings. The molecule has 1 aliphatic heterocycles. The first kappa shape index (κ1) is 22.7. The molecule has 0 radical (unpaired) electrons. The molecule has 8 heteroatoms. The van der Waals surface area contributed by atoms with E-state index in [1.165, 1.54) is 16.7 Å². The summed E-state index contributed by atoms with van der Waals surface area (Å²) in [6.45, 7) is 1.84. The van der Waals surface area contributed by atoms with Gasteiger partial charge in [-0.25, -0.2) is 8.42 Å². The first-order chi connectivity index (χ1) is 16.3. The van der Waals surface area contributed by atoms with E-state index < -0.39 is 21.9 Å². The van der Waals surface area contributed by atoms with Gasteiger partial charge in [-0.15, -0.1) is 0 Å². The Morgan fingerprint density at radius 2 is 1.44 bits per heavy atom. The molecule has 0 aliphatic carbocycles. The summed E-state index contributed by atoms with van der Waals surface area (Å²) >= 11 is 12.2. The second-order valence-electron chi connectivity index (χ2n) is 8.24. The second kappa shape index (κ2) is 8.62. The molecule has 0 saturated heterocycles. The molecule has 1 N–H and O–H groups in total. The zero-order valence-electron chi connectivity index (χ0n) is 18.1. The Hall–Kier alpha value is -3.06. The Morgan fingerprint density at radius 3 is 2.06 bits per heavy atom. The fourth-order valence-corrected chi connectivity index (χ4v) is 6.15. The van der Waals surface area contributed by atoms with E-state index in [-0.39, 0.29) is 21.2 Å². The van der Waals surface area contributed by atoms with Gasteiger partial charge < -0.3 is 5.32 Å². The third kappa shape index (κ3) is 3.92. The van der Waals surface area contributed by atoms with E-state index in [1.54, 1.807) is 42.5 Å². The van der Waals surface area contributed by atoms with Crippen molar-refractivity contribution in [3.8, 4) is 0 Å². The summed E-state index contributed by atoms with van der Waals surface area (Å²) in [6.07, 6.45) is 0. The lowest BCUT2D eigenvalue weighted by Crippen LogP contribution is -2.24. The lowest BCUT2D eigenvalue weighted by Gasteiger charge is -2.22. The molecule has 3 aromatic carbocycles. The molecule has 1 aliphatic rings. The second-order valence-corrected chi connectivity index (χ2v) is 11.0. The van der Waals surface area contributed by atoms with E-state index in [0.717, 1.165) is 16.7 Å². The van der Waals surface area contributed by atoms with E-state index in [2.05, 4.69) is 5.32 Å². The lowest BCUT2D eigenvalue weighted by atomic mass is 9.94.